The lowest BCUT2D eigenvalue weighted by Crippen LogP contribution is -2.51. The molecule has 1 spiro atoms. The number of esters is 1. The Kier molecular flexibility index (Phi) is 0.724. The molecule has 1 aliphatic heterocycles. The van der Waals surface area contributed by atoms with E-state index < -0.39 is 0 Å². The van der Waals surface area contributed by atoms with E-state index in [1.807, 2.05) is 0 Å². The molecule has 5 unspecified atom stereocenters. The molecule has 0 aromatic heterocycles. The first kappa shape index (κ1) is 6.01. The van der Waals surface area contributed by atoms with E-state index in [-0.39, 0.29) is 5.97 Å². The summed E-state index contributed by atoms with van der Waals surface area (Å²) in [5.74, 6) is 3.01. The van der Waals surface area contributed by atoms with Gasteiger partial charge in [-0.25, -0.2) is 0 Å². The van der Waals surface area contributed by atoms with Gasteiger partial charge in [0.1, 0.15) is 0 Å². The van der Waals surface area contributed by atoms with Crippen LogP contribution in [0.1, 0.15) is 19.3 Å². The molecule has 1 heterocycles. The lowest BCUT2D eigenvalue weighted by molar-refractivity contribution is -0.143. The fraction of sp³-hybridized carbons (Fsp3) is 0.900. The van der Waals surface area contributed by atoms with Crippen LogP contribution < -0.4 is 0 Å². The first-order valence-corrected chi connectivity index (χ1v) is 4.98. The van der Waals surface area contributed by atoms with Crippen LogP contribution in [0, 0.1) is 29.1 Å². The van der Waals surface area contributed by atoms with Crippen LogP contribution in [0.5, 0.6) is 0 Å². The van der Waals surface area contributed by atoms with Gasteiger partial charge in [-0.1, -0.05) is 0 Å². The van der Waals surface area contributed by atoms with Gasteiger partial charge in [0.2, 0.25) is 0 Å². The van der Waals surface area contributed by atoms with Gasteiger partial charge in [0.15, 0.2) is 0 Å². The Morgan fingerprint density at radius 2 is 2.25 bits per heavy atom. The average Bonchev–Trinajstić information content (AvgIpc) is 2.62. The minimum atomic E-state index is 0.126. The monoisotopic (exact) mass is 164 g/mol. The zero-order valence-corrected chi connectivity index (χ0v) is 6.95. The predicted octanol–water partition coefficient (Wildman–Crippen LogP) is 1.21. The molecule has 3 aliphatic carbocycles. The standard InChI is InChI=1S/C10H12O2/c11-9-8-5-1-6-3-10(8,4-12-9)7(6)2-5/h5-8H,1-4H2. The summed E-state index contributed by atoms with van der Waals surface area (Å²) < 4.78 is 5.20. The number of carbonyl (C=O) groups is 1. The van der Waals surface area contributed by atoms with Gasteiger partial charge < -0.3 is 4.74 Å². The molecule has 3 saturated carbocycles. The van der Waals surface area contributed by atoms with Crippen LogP contribution in [-0.4, -0.2) is 12.6 Å². The molecule has 0 aromatic carbocycles. The molecular weight excluding hydrogens is 152 g/mol. The molecule has 2 nitrogen and oxygen atoms in total. The molecule has 0 aromatic rings. The molecule has 2 bridgehead atoms. The highest BCUT2D eigenvalue weighted by atomic mass is 16.5. The van der Waals surface area contributed by atoms with Crippen LogP contribution in [0.2, 0.25) is 0 Å². The number of hydrogen-bond acceptors (Lipinski definition) is 2. The van der Waals surface area contributed by atoms with E-state index in [9.17, 15) is 4.79 Å². The summed E-state index contributed by atoms with van der Waals surface area (Å²) in [7, 11) is 0. The summed E-state index contributed by atoms with van der Waals surface area (Å²) in [5, 5.41) is 0. The fourth-order valence-corrected chi connectivity index (χ4v) is 4.65. The van der Waals surface area contributed by atoms with Gasteiger partial charge in [0.05, 0.1) is 12.5 Å². The second kappa shape index (κ2) is 1.45. The van der Waals surface area contributed by atoms with Gasteiger partial charge in [-0.15, -0.1) is 0 Å². The molecule has 5 atom stereocenters. The normalized spacial score (nSPS) is 64.5. The van der Waals surface area contributed by atoms with Crippen molar-refractivity contribution in [3.05, 3.63) is 0 Å². The third-order valence-corrected chi connectivity index (χ3v) is 4.94. The Labute approximate surface area is 71.3 Å². The van der Waals surface area contributed by atoms with Crippen molar-refractivity contribution in [1.82, 2.24) is 0 Å². The van der Waals surface area contributed by atoms with E-state index >= 15 is 0 Å². The Balaban J connectivity index is 1.89. The minimum Gasteiger partial charge on any atom is -0.465 e. The smallest absolute Gasteiger partial charge is 0.309 e. The summed E-state index contributed by atoms with van der Waals surface area (Å²) in [5.41, 5.74) is 0.366. The van der Waals surface area contributed by atoms with Gasteiger partial charge in [-0.2, -0.15) is 0 Å². The summed E-state index contributed by atoms with van der Waals surface area (Å²) in [6.45, 7) is 0.758. The summed E-state index contributed by atoms with van der Waals surface area (Å²) in [4.78, 5) is 11.5. The highest BCUT2D eigenvalue weighted by Crippen LogP contribution is 2.75. The average molecular weight is 164 g/mol. The van der Waals surface area contributed by atoms with Crippen LogP contribution >= 0.6 is 0 Å². The summed E-state index contributed by atoms with van der Waals surface area (Å²) >= 11 is 0. The topological polar surface area (TPSA) is 26.3 Å². The van der Waals surface area contributed by atoms with E-state index in [1.165, 1.54) is 19.3 Å². The van der Waals surface area contributed by atoms with E-state index in [4.69, 9.17) is 4.74 Å². The number of ether oxygens (including phenoxy) is 1. The van der Waals surface area contributed by atoms with Gasteiger partial charge >= 0.3 is 5.97 Å². The molecule has 4 aliphatic rings. The van der Waals surface area contributed by atoms with Crippen molar-refractivity contribution in [3.8, 4) is 0 Å². The maximum absolute atomic E-state index is 11.5. The van der Waals surface area contributed by atoms with E-state index in [0.717, 1.165) is 18.4 Å². The van der Waals surface area contributed by atoms with E-state index in [1.54, 1.807) is 0 Å². The molecule has 0 N–H and O–H groups in total. The van der Waals surface area contributed by atoms with Gasteiger partial charge in [0.25, 0.3) is 0 Å². The molecule has 4 fully saturated rings. The van der Waals surface area contributed by atoms with Crippen LogP contribution in [0.25, 0.3) is 0 Å². The highest BCUT2D eigenvalue weighted by Gasteiger charge is 2.74. The van der Waals surface area contributed by atoms with Gasteiger partial charge in [-0.3, -0.25) is 4.79 Å². The van der Waals surface area contributed by atoms with Gasteiger partial charge in [0, 0.05) is 5.41 Å². The van der Waals surface area contributed by atoms with Crippen molar-refractivity contribution in [3.63, 3.8) is 0 Å². The summed E-state index contributed by atoms with van der Waals surface area (Å²) in [6.07, 6.45) is 3.96. The molecule has 0 radical (unpaired) electrons. The number of cyclic esters (lactones) is 1. The largest absolute Gasteiger partial charge is 0.465 e. The van der Waals surface area contributed by atoms with Crippen LogP contribution in [0.4, 0.5) is 0 Å². The third-order valence-electron chi connectivity index (χ3n) is 4.94. The maximum Gasteiger partial charge on any atom is 0.309 e. The van der Waals surface area contributed by atoms with Crippen molar-refractivity contribution in [1.29, 1.82) is 0 Å². The molecular formula is C10H12O2. The van der Waals surface area contributed by atoms with Crippen LogP contribution in [0.3, 0.4) is 0 Å². The quantitative estimate of drug-likeness (QED) is 0.503. The van der Waals surface area contributed by atoms with Crippen molar-refractivity contribution in [2.45, 2.75) is 19.3 Å². The first-order valence-electron chi connectivity index (χ1n) is 4.98. The van der Waals surface area contributed by atoms with Crippen molar-refractivity contribution >= 4 is 5.97 Å². The van der Waals surface area contributed by atoms with Crippen molar-refractivity contribution < 1.29 is 9.53 Å². The lowest BCUT2D eigenvalue weighted by Gasteiger charge is -2.52. The number of fused-ring (bicyclic) bond motifs is 2. The Bertz CT molecular complexity index is 286. The minimum absolute atomic E-state index is 0.126. The first-order chi connectivity index (χ1) is 5.81. The molecule has 0 amide bonds. The number of hydrogen-bond donors (Lipinski definition) is 0. The van der Waals surface area contributed by atoms with Crippen molar-refractivity contribution in [2.75, 3.05) is 6.61 Å². The SMILES string of the molecule is O=C1OCC23CC4CC(CC42)C13. The second-order valence-electron chi connectivity index (χ2n) is 5.12. The van der Waals surface area contributed by atoms with E-state index in [2.05, 4.69) is 0 Å². The third kappa shape index (κ3) is 0.377. The number of rotatable bonds is 0. The zero-order valence-electron chi connectivity index (χ0n) is 6.95. The fourth-order valence-electron chi connectivity index (χ4n) is 4.65. The molecule has 4 rings (SSSR count). The van der Waals surface area contributed by atoms with Gasteiger partial charge in [-0.05, 0) is 37.0 Å². The lowest BCUT2D eigenvalue weighted by atomic mass is 9.50. The molecule has 1 saturated heterocycles. The molecule has 12 heavy (non-hydrogen) atoms. The maximum atomic E-state index is 11.5. The van der Waals surface area contributed by atoms with E-state index in [0.29, 0.717) is 17.3 Å². The van der Waals surface area contributed by atoms with Crippen molar-refractivity contribution in [2.24, 2.45) is 29.1 Å². The predicted molar refractivity (Wildman–Crippen MR) is 41.2 cm³/mol. The highest BCUT2D eigenvalue weighted by molar-refractivity contribution is 5.77. The Hall–Kier alpha value is -0.530. The van der Waals surface area contributed by atoms with Crippen LogP contribution in [-0.2, 0) is 9.53 Å². The number of carbonyl (C=O) groups excluding carboxylic acids is 1. The second-order valence-corrected chi connectivity index (χ2v) is 5.12. The molecule has 64 valence electrons. The Morgan fingerprint density at radius 3 is 3.08 bits per heavy atom. The summed E-state index contributed by atoms with van der Waals surface area (Å²) in [6, 6.07) is 0. The zero-order chi connectivity index (χ0) is 7.92. The molecule has 2 heteroatoms. The van der Waals surface area contributed by atoms with Crippen LogP contribution in [0.15, 0.2) is 0 Å². The Morgan fingerprint density at radius 1 is 1.33 bits per heavy atom.